The first-order valence-electron chi connectivity index (χ1n) is 5.34. The fraction of sp³-hybridized carbons (Fsp3) is 0.333. The first-order chi connectivity index (χ1) is 8.52. The summed E-state index contributed by atoms with van der Waals surface area (Å²) in [7, 11) is 1.55. The number of carbonyl (C=O) groups excluding carboxylic acids is 2. The van der Waals surface area contributed by atoms with Crippen molar-refractivity contribution < 1.29 is 9.59 Å². The molecule has 0 aliphatic heterocycles. The zero-order chi connectivity index (χ0) is 13.5. The van der Waals surface area contributed by atoms with Crippen LogP contribution >= 0.6 is 27.5 Å². The van der Waals surface area contributed by atoms with Gasteiger partial charge in [-0.2, -0.15) is 0 Å². The Morgan fingerprint density at radius 1 is 1.33 bits per heavy atom. The van der Waals surface area contributed by atoms with Crippen LogP contribution in [0.3, 0.4) is 0 Å². The summed E-state index contributed by atoms with van der Waals surface area (Å²) in [4.78, 5) is 24.0. The molecule has 6 heteroatoms. The number of nitrogens with zero attached hydrogens (tertiary/aromatic N) is 1. The average Bonchev–Trinajstić information content (AvgIpc) is 2.37. The van der Waals surface area contributed by atoms with E-state index in [0.717, 1.165) is 10.0 Å². The molecule has 0 spiro atoms. The van der Waals surface area contributed by atoms with Crippen molar-refractivity contribution in [3.8, 4) is 0 Å². The summed E-state index contributed by atoms with van der Waals surface area (Å²) in [6.45, 7) is 0.455. The van der Waals surface area contributed by atoms with Crippen LogP contribution in [0, 0.1) is 0 Å². The SMILES string of the molecule is CN(CC(=O)NCc1ccc(Br)cc1)C(=O)CCl. The Hall–Kier alpha value is -1.07. The van der Waals surface area contributed by atoms with Crippen LogP contribution in [0.15, 0.2) is 28.7 Å². The van der Waals surface area contributed by atoms with Gasteiger partial charge >= 0.3 is 0 Å². The molecule has 0 radical (unpaired) electrons. The molecule has 4 nitrogen and oxygen atoms in total. The van der Waals surface area contributed by atoms with Gasteiger partial charge in [0.2, 0.25) is 11.8 Å². The van der Waals surface area contributed by atoms with Crippen molar-refractivity contribution >= 4 is 39.3 Å². The molecule has 0 saturated heterocycles. The number of benzene rings is 1. The summed E-state index contributed by atoms with van der Waals surface area (Å²) in [5, 5.41) is 2.74. The Kier molecular flexibility index (Phi) is 6.15. The quantitative estimate of drug-likeness (QED) is 0.835. The van der Waals surface area contributed by atoms with Crippen molar-refractivity contribution in [3.63, 3.8) is 0 Å². The number of rotatable bonds is 5. The van der Waals surface area contributed by atoms with E-state index in [-0.39, 0.29) is 24.2 Å². The van der Waals surface area contributed by atoms with Crippen LogP contribution in [-0.4, -0.2) is 36.2 Å². The molecule has 1 rings (SSSR count). The maximum Gasteiger partial charge on any atom is 0.239 e. The molecular weight excluding hydrogens is 320 g/mol. The molecule has 1 N–H and O–H groups in total. The van der Waals surface area contributed by atoms with E-state index in [1.54, 1.807) is 7.05 Å². The Morgan fingerprint density at radius 3 is 2.50 bits per heavy atom. The Labute approximate surface area is 119 Å². The molecule has 0 saturated carbocycles. The maximum atomic E-state index is 11.6. The summed E-state index contributed by atoms with van der Waals surface area (Å²) in [6.07, 6.45) is 0. The Bertz CT molecular complexity index is 423. The van der Waals surface area contributed by atoms with Crippen molar-refractivity contribution in [1.29, 1.82) is 0 Å². The van der Waals surface area contributed by atoms with Crippen LogP contribution in [0.5, 0.6) is 0 Å². The van der Waals surface area contributed by atoms with Gasteiger partial charge in [-0.05, 0) is 17.7 Å². The normalized spacial score (nSPS) is 9.94. The fourth-order valence-corrected chi connectivity index (χ4v) is 1.73. The Balaban J connectivity index is 2.37. The number of halogens is 2. The predicted octanol–water partition coefficient (Wildman–Crippen LogP) is 1.76. The highest BCUT2D eigenvalue weighted by Crippen LogP contribution is 2.10. The van der Waals surface area contributed by atoms with Gasteiger partial charge in [-0.3, -0.25) is 9.59 Å². The number of likely N-dealkylation sites (N-methyl/N-ethyl adjacent to an activating group) is 1. The van der Waals surface area contributed by atoms with E-state index < -0.39 is 0 Å². The average molecular weight is 334 g/mol. The van der Waals surface area contributed by atoms with Crippen molar-refractivity contribution in [3.05, 3.63) is 34.3 Å². The lowest BCUT2D eigenvalue weighted by molar-refractivity contribution is -0.132. The highest BCUT2D eigenvalue weighted by Gasteiger charge is 2.11. The number of alkyl halides is 1. The molecule has 0 bridgehead atoms. The summed E-state index contributed by atoms with van der Waals surface area (Å²) in [6, 6.07) is 7.64. The van der Waals surface area contributed by atoms with E-state index in [0.29, 0.717) is 6.54 Å². The third-order valence-electron chi connectivity index (χ3n) is 2.32. The van der Waals surface area contributed by atoms with E-state index in [9.17, 15) is 9.59 Å². The second kappa shape index (κ2) is 7.38. The lowest BCUT2D eigenvalue weighted by Gasteiger charge is -2.15. The molecule has 0 aliphatic carbocycles. The van der Waals surface area contributed by atoms with Crippen LogP contribution in [0.2, 0.25) is 0 Å². The number of amides is 2. The van der Waals surface area contributed by atoms with E-state index in [1.807, 2.05) is 24.3 Å². The zero-order valence-electron chi connectivity index (χ0n) is 9.95. The van der Waals surface area contributed by atoms with Crippen molar-refractivity contribution in [2.24, 2.45) is 0 Å². The molecule has 0 aliphatic rings. The van der Waals surface area contributed by atoms with Crippen molar-refractivity contribution in [2.45, 2.75) is 6.54 Å². The van der Waals surface area contributed by atoms with Crippen LogP contribution in [0.25, 0.3) is 0 Å². The molecule has 0 unspecified atom stereocenters. The summed E-state index contributed by atoms with van der Waals surface area (Å²) in [5.74, 6) is -0.592. The molecule has 0 heterocycles. The number of carbonyl (C=O) groups is 2. The third kappa shape index (κ3) is 5.06. The van der Waals surface area contributed by atoms with Gasteiger partial charge in [-0.25, -0.2) is 0 Å². The van der Waals surface area contributed by atoms with Crippen LogP contribution in [0.1, 0.15) is 5.56 Å². The maximum absolute atomic E-state index is 11.6. The molecule has 1 aromatic rings. The van der Waals surface area contributed by atoms with E-state index >= 15 is 0 Å². The predicted molar refractivity (Wildman–Crippen MR) is 74.3 cm³/mol. The molecule has 0 fully saturated rings. The first kappa shape index (κ1) is 15.0. The monoisotopic (exact) mass is 332 g/mol. The molecule has 1 aromatic carbocycles. The highest BCUT2D eigenvalue weighted by molar-refractivity contribution is 9.10. The van der Waals surface area contributed by atoms with Gasteiger partial charge in [-0.15, -0.1) is 11.6 Å². The zero-order valence-corrected chi connectivity index (χ0v) is 12.3. The molecule has 0 atom stereocenters. The van der Waals surface area contributed by atoms with Gasteiger partial charge < -0.3 is 10.2 Å². The van der Waals surface area contributed by atoms with Gasteiger partial charge in [0, 0.05) is 18.1 Å². The fourth-order valence-electron chi connectivity index (χ4n) is 1.26. The number of hydrogen-bond donors (Lipinski definition) is 1. The van der Waals surface area contributed by atoms with E-state index in [2.05, 4.69) is 21.2 Å². The summed E-state index contributed by atoms with van der Waals surface area (Å²) < 4.78 is 0.991. The van der Waals surface area contributed by atoms with Gasteiger partial charge in [0.1, 0.15) is 5.88 Å². The minimum absolute atomic E-state index is 0.0160. The topological polar surface area (TPSA) is 49.4 Å². The summed E-state index contributed by atoms with van der Waals surface area (Å²) >= 11 is 8.73. The minimum Gasteiger partial charge on any atom is -0.350 e. The second-order valence-electron chi connectivity index (χ2n) is 3.79. The molecule has 2 amide bonds. The van der Waals surface area contributed by atoms with E-state index in [4.69, 9.17) is 11.6 Å². The third-order valence-corrected chi connectivity index (χ3v) is 3.08. The number of hydrogen-bond acceptors (Lipinski definition) is 2. The molecule has 18 heavy (non-hydrogen) atoms. The van der Waals surface area contributed by atoms with Gasteiger partial charge in [0.15, 0.2) is 0 Å². The van der Waals surface area contributed by atoms with Gasteiger partial charge in [0.25, 0.3) is 0 Å². The lowest BCUT2D eigenvalue weighted by atomic mass is 10.2. The van der Waals surface area contributed by atoms with Crippen LogP contribution in [-0.2, 0) is 16.1 Å². The largest absolute Gasteiger partial charge is 0.350 e. The van der Waals surface area contributed by atoms with Gasteiger partial charge in [0.05, 0.1) is 6.54 Å². The van der Waals surface area contributed by atoms with Crippen LogP contribution < -0.4 is 5.32 Å². The molecule has 98 valence electrons. The summed E-state index contributed by atoms with van der Waals surface area (Å²) in [5.41, 5.74) is 0.998. The van der Waals surface area contributed by atoms with Crippen molar-refractivity contribution in [1.82, 2.24) is 10.2 Å². The standard InChI is InChI=1S/C12H14BrClN2O2/c1-16(12(18)6-14)8-11(17)15-7-9-2-4-10(13)5-3-9/h2-5H,6-8H2,1H3,(H,15,17). The van der Waals surface area contributed by atoms with Crippen molar-refractivity contribution in [2.75, 3.05) is 19.5 Å². The first-order valence-corrected chi connectivity index (χ1v) is 6.66. The van der Waals surface area contributed by atoms with E-state index in [1.165, 1.54) is 4.90 Å². The lowest BCUT2D eigenvalue weighted by Crippen LogP contribution is -2.38. The van der Waals surface area contributed by atoms with Crippen LogP contribution in [0.4, 0.5) is 0 Å². The minimum atomic E-state index is -0.268. The second-order valence-corrected chi connectivity index (χ2v) is 4.97. The molecular formula is C12H14BrClN2O2. The molecule has 0 aromatic heterocycles. The smallest absolute Gasteiger partial charge is 0.239 e. The van der Waals surface area contributed by atoms with Gasteiger partial charge in [-0.1, -0.05) is 28.1 Å². The highest BCUT2D eigenvalue weighted by atomic mass is 79.9. The Morgan fingerprint density at radius 2 is 1.94 bits per heavy atom. The number of nitrogens with one attached hydrogen (secondary N) is 1.